The molecule has 1 unspecified atom stereocenters. The molecule has 112 valence electrons. The van der Waals surface area contributed by atoms with E-state index >= 15 is 0 Å². The molecule has 21 heavy (non-hydrogen) atoms. The number of fused-ring (bicyclic) bond motifs is 1. The minimum absolute atomic E-state index is 0.296. The Morgan fingerprint density at radius 1 is 0.857 bits per heavy atom. The number of halogens is 1. The Morgan fingerprint density at radius 3 is 2.29 bits per heavy atom. The zero-order chi connectivity index (χ0) is 14.5. The van der Waals surface area contributed by atoms with Gasteiger partial charge in [0.05, 0.1) is 0 Å². The molecule has 0 bridgehead atoms. The second kappa shape index (κ2) is 7.31. The van der Waals surface area contributed by atoms with E-state index in [9.17, 15) is 0 Å². The molecule has 0 radical (unpaired) electrons. The largest absolute Gasteiger partial charge is 0.122 e. The maximum Gasteiger partial charge on any atom is 0.0404 e. The van der Waals surface area contributed by atoms with E-state index in [1.165, 1.54) is 61.3 Å². The van der Waals surface area contributed by atoms with Gasteiger partial charge in [0, 0.05) is 5.38 Å². The molecule has 0 saturated heterocycles. The summed E-state index contributed by atoms with van der Waals surface area (Å²) in [4.78, 5) is 0. The van der Waals surface area contributed by atoms with Gasteiger partial charge in [-0.1, -0.05) is 74.6 Å². The van der Waals surface area contributed by atoms with E-state index in [1.807, 2.05) is 0 Å². The van der Waals surface area contributed by atoms with Crippen molar-refractivity contribution in [1.29, 1.82) is 0 Å². The first-order chi connectivity index (χ1) is 10.3. The number of hydrogen-bond donors (Lipinski definition) is 0. The molecule has 0 amide bonds. The normalized spacial score (nSPS) is 19.1. The fourth-order valence-electron chi connectivity index (χ4n) is 3.61. The van der Waals surface area contributed by atoms with Gasteiger partial charge in [-0.15, -0.1) is 11.6 Å². The van der Waals surface area contributed by atoms with Gasteiger partial charge in [0.1, 0.15) is 0 Å². The molecule has 2 aromatic rings. The van der Waals surface area contributed by atoms with E-state index in [0.29, 0.717) is 11.3 Å². The van der Waals surface area contributed by atoms with Gasteiger partial charge in [0.2, 0.25) is 0 Å². The molecule has 1 saturated carbocycles. The molecule has 1 aliphatic carbocycles. The molecule has 1 aliphatic rings. The molecule has 3 rings (SSSR count). The van der Waals surface area contributed by atoms with Crippen LogP contribution in [0, 0.1) is 5.92 Å². The summed E-state index contributed by atoms with van der Waals surface area (Å²) in [5, 5.41) is 2.94. The third kappa shape index (κ3) is 4.01. The van der Waals surface area contributed by atoms with Crippen molar-refractivity contribution in [2.75, 3.05) is 0 Å². The summed E-state index contributed by atoms with van der Waals surface area (Å²) >= 11 is 6.77. The third-order valence-electron chi connectivity index (χ3n) is 4.91. The molecular formula is C20H25Cl. The van der Waals surface area contributed by atoms with Gasteiger partial charge in [0.25, 0.3) is 0 Å². The van der Waals surface area contributed by atoms with Gasteiger partial charge in [-0.2, -0.15) is 0 Å². The lowest BCUT2D eigenvalue weighted by atomic mass is 9.86. The first-order valence-electron chi connectivity index (χ1n) is 8.45. The van der Waals surface area contributed by atoms with Crippen LogP contribution < -0.4 is 0 Å². The Bertz CT molecular complexity index is 567. The fraction of sp³-hybridized carbons (Fsp3) is 0.500. The third-order valence-corrected chi connectivity index (χ3v) is 5.42. The average Bonchev–Trinajstić information content (AvgIpc) is 2.46. The van der Waals surface area contributed by atoms with Crippen molar-refractivity contribution in [2.24, 2.45) is 5.92 Å². The predicted molar refractivity (Wildman–Crippen MR) is 93.1 cm³/mol. The van der Waals surface area contributed by atoms with Crippen molar-refractivity contribution >= 4 is 22.4 Å². The zero-order valence-corrected chi connectivity index (χ0v) is 13.5. The Hall–Kier alpha value is -1.01. The van der Waals surface area contributed by atoms with Gasteiger partial charge < -0.3 is 0 Å². The van der Waals surface area contributed by atoms with E-state index < -0.39 is 0 Å². The van der Waals surface area contributed by atoms with E-state index in [2.05, 4.69) is 42.5 Å². The Morgan fingerprint density at radius 2 is 1.52 bits per heavy atom. The van der Waals surface area contributed by atoms with E-state index in [1.54, 1.807) is 0 Å². The molecule has 1 heteroatoms. The summed E-state index contributed by atoms with van der Waals surface area (Å²) < 4.78 is 0. The fourth-order valence-corrected chi connectivity index (χ4v) is 4.04. The summed E-state index contributed by atoms with van der Waals surface area (Å²) in [6, 6.07) is 15.4. The van der Waals surface area contributed by atoms with E-state index in [0.717, 1.165) is 6.42 Å². The minimum atomic E-state index is 0.296. The van der Waals surface area contributed by atoms with Gasteiger partial charge in [0.15, 0.2) is 0 Å². The Kier molecular flexibility index (Phi) is 5.19. The molecule has 0 spiro atoms. The van der Waals surface area contributed by atoms with Crippen LogP contribution in [0.2, 0.25) is 0 Å². The SMILES string of the molecule is ClC(Cc1ccc2ccccc2c1)C1CCCCCCC1. The molecule has 0 aliphatic heterocycles. The van der Waals surface area contributed by atoms with Crippen molar-refractivity contribution in [1.82, 2.24) is 0 Å². The van der Waals surface area contributed by atoms with Crippen LogP contribution >= 0.6 is 11.6 Å². The highest BCUT2D eigenvalue weighted by Crippen LogP contribution is 2.30. The van der Waals surface area contributed by atoms with Crippen LogP contribution in [0.3, 0.4) is 0 Å². The molecule has 1 atom stereocenters. The summed E-state index contributed by atoms with van der Waals surface area (Å²) in [5.41, 5.74) is 1.38. The lowest BCUT2D eigenvalue weighted by Crippen LogP contribution is -2.18. The van der Waals surface area contributed by atoms with Gasteiger partial charge in [-0.3, -0.25) is 0 Å². The number of hydrogen-bond acceptors (Lipinski definition) is 0. The van der Waals surface area contributed by atoms with Crippen LogP contribution in [0.5, 0.6) is 0 Å². The summed E-state index contributed by atoms with van der Waals surface area (Å²) in [7, 11) is 0. The Balaban J connectivity index is 1.68. The summed E-state index contributed by atoms with van der Waals surface area (Å²) in [6.07, 6.45) is 10.6. The van der Waals surface area contributed by atoms with Crippen molar-refractivity contribution in [3.63, 3.8) is 0 Å². The molecule has 0 aromatic heterocycles. The van der Waals surface area contributed by atoms with Crippen LogP contribution in [-0.2, 0) is 6.42 Å². The number of benzene rings is 2. The highest BCUT2D eigenvalue weighted by Gasteiger charge is 2.20. The second-order valence-corrected chi connectivity index (χ2v) is 7.07. The summed E-state index contributed by atoms with van der Waals surface area (Å²) in [6.45, 7) is 0. The van der Waals surface area contributed by atoms with Gasteiger partial charge in [-0.25, -0.2) is 0 Å². The monoisotopic (exact) mass is 300 g/mol. The molecule has 0 N–H and O–H groups in total. The first-order valence-corrected chi connectivity index (χ1v) is 8.88. The molecule has 0 heterocycles. The number of alkyl halides is 1. The second-order valence-electron chi connectivity index (χ2n) is 6.51. The van der Waals surface area contributed by atoms with Crippen molar-refractivity contribution in [3.8, 4) is 0 Å². The average molecular weight is 301 g/mol. The molecular weight excluding hydrogens is 276 g/mol. The number of rotatable bonds is 3. The van der Waals surface area contributed by atoms with Crippen molar-refractivity contribution in [2.45, 2.75) is 56.7 Å². The lowest BCUT2D eigenvalue weighted by Gasteiger charge is -2.24. The molecule has 1 fully saturated rings. The highest BCUT2D eigenvalue weighted by atomic mass is 35.5. The van der Waals surface area contributed by atoms with Crippen LogP contribution in [0.1, 0.15) is 50.5 Å². The minimum Gasteiger partial charge on any atom is -0.122 e. The standard InChI is InChI=1S/C20H25Cl/c21-20(18-9-4-2-1-3-5-10-18)15-16-12-13-17-8-6-7-11-19(17)14-16/h6-8,11-14,18,20H,1-5,9-10,15H2. The van der Waals surface area contributed by atoms with E-state index in [-0.39, 0.29) is 0 Å². The van der Waals surface area contributed by atoms with Crippen LogP contribution in [0.15, 0.2) is 42.5 Å². The van der Waals surface area contributed by atoms with Crippen LogP contribution in [0.4, 0.5) is 0 Å². The molecule has 0 nitrogen and oxygen atoms in total. The molecule has 2 aromatic carbocycles. The van der Waals surface area contributed by atoms with Gasteiger partial charge >= 0.3 is 0 Å². The van der Waals surface area contributed by atoms with E-state index in [4.69, 9.17) is 11.6 Å². The first kappa shape index (κ1) is 14.9. The maximum absolute atomic E-state index is 6.77. The Labute approximate surface area is 133 Å². The maximum atomic E-state index is 6.77. The smallest absolute Gasteiger partial charge is 0.0404 e. The quantitative estimate of drug-likeness (QED) is 0.579. The van der Waals surface area contributed by atoms with Crippen molar-refractivity contribution < 1.29 is 0 Å². The zero-order valence-electron chi connectivity index (χ0n) is 12.7. The topological polar surface area (TPSA) is 0 Å². The van der Waals surface area contributed by atoms with Crippen molar-refractivity contribution in [3.05, 3.63) is 48.0 Å². The van der Waals surface area contributed by atoms with Gasteiger partial charge in [-0.05, 0) is 41.5 Å². The lowest BCUT2D eigenvalue weighted by molar-refractivity contribution is 0.364. The van der Waals surface area contributed by atoms with Crippen LogP contribution in [0.25, 0.3) is 10.8 Å². The highest BCUT2D eigenvalue weighted by molar-refractivity contribution is 6.20. The van der Waals surface area contributed by atoms with Crippen LogP contribution in [-0.4, -0.2) is 5.38 Å². The summed E-state index contributed by atoms with van der Waals surface area (Å²) in [5.74, 6) is 0.707. The predicted octanol–water partition coefficient (Wildman–Crippen LogP) is 6.35.